The van der Waals surface area contributed by atoms with Crippen molar-refractivity contribution in [3.05, 3.63) is 0 Å². The third-order valence-electron chi connectivity index (χ3n) is 2.27. The molecule has 1 N–H and O–H groups in total. The van der Waals surface area contributed by atoms with E-state index in [-0.39, 0.29) is 0 Å². The van der Waals surface area contributed by atoms with Crippen LogP contribution >= 0.6 is 0 Å². The largest absolute Gasteiger partial charge is 0.403 e. The summed E-state index contributed by atoms with van der Waals surface area (Å²) in [6, 6.07) is -1.79. The van der Waals surface area contributed by atoms with Crippen LogP contribution < -0.4 is 5.32 Å². The van der Waals surface area contributed by atoms with Gasteiger partial charge in [0.1, 0.15) is 6.04 Å². The number of hydrogen-bond donors (Lipinski definition) is 1. The average Bonchev–Trinajstić information content (AvgIpc) is 2.01. The van der Waals surface area contributed by atoms with E-state index in [9.17, 15) is 26.3 Å². The number of nitrogens with one attached hydrogen (secondary N) is 1. The summed E-state index contributed by atoms with van der Waals surface area (Å²) in [5.74, 6) is -1.65. The molecule has 0 spiro atoms. The highest BCUT2D eigenvalue weighted by Crippen LogP contribution is 2.35. The summed E-state index contributed by atoms with van der Waals surface area (Å²) in [5, 5.41) is 1.87. The van der Waals surface area contributed by atoms with Crippen molar-refractivity contribution in [3.63, 3.8) is 0 Å². The smallest absolute Gasteiger partial charge is 0.306 e. The van der Waals surface area contributed by atoms with Crippen LogP contribution in [0.1, 0.15) is 12.8 Å². The molecular formula is C7H9F6N. The van der Waals surface area contributed by atoms with Crippen molar-refractivity contribution in [3.8, 4) is 0 Å². The maximum atomic E-state index is 12.0. The van der Waals surface area contributed by atoms with Crippen LogP contribution in [0.25, 0.3) is 0 Å². The molecule has 84 valence electrons. The summed E-state index contributed by atoms with van der Waals surface area (Å²) in [5.41, 5.74) is 0. The first-order chi connectivity index (χ1) is 6.21. The summed E-state index contributed by atoms with van der Waals surface area (Å²) < 4.78 is 72.2. The molecule has 0 radical (unpaired) electrons. The molecule has 0 aromatic rings. The van der Waals surface area contributed by atoms with Gasteiger partial charge >= 0.3 is 12.4 Å². The molecule has 0 saturated carbocycles. The van der Waals surface area contributed by atoms with Crippen LogP contribution in [0, 0.1) is 5.92 Å². The first-order valence-corrected chi connectivity index (χ1v) is 4.08. The van der Waals surface area contributed by atoms with E-state index in [4.69, 9.17) is 0 Å². The third kappa shape index (κ3) is 2.76. The number of halogens is 6. The fourth-order valence-corrected chi connectivity index (χ4v) is 1.42. The van der Waals surface area contributed by atoms with Crippen LogP contribution in [0.15, 0.2) is 0 Å². The molecule has 1 nitrogen and oxygen atoms in total. The van der Waals surface area contributed by atoms with Gasteiger partial charge in [0.25, 0.3) is 0 Å². The summed E-state index contributed by atoms with van der Waals surface area (Å²) in [4.78, 5) is 0. The second-order valence-corrected chi connectivity index (χ2v) is 3.32. The monoisotopic (exact) mass is 221 g/mol. The second kappa shape index (κ2) is 3.60. The van der Waals surface area contributed by atoms with Gasteiger partial charge in [-0.25, -0.2) is 0 Å². The van der Waals surface area contributed by atoms with Crippen LogP contribution in [-0.4, -0.2) is 24.9 Å². The summed E-state index contributed by atoms with van der Waals surface area (Å²) in [6.07, 6.45) is -9.81. The van der Waals surface area contributed by atoms with Gasteiger partial charge in [0, 0.05) is 6.54 Å². The maximum absolute atomic E-state index is 12.0. The molecule has 7 heteroatoms. The minimum atomic E-state index is -4.45. The van der Waals surface area contributed by atoms with Crippen molar-refractivity contribution in [1.29, 1.82) is 0 Å². The minimum Gasteiger partial charge on any atom is -0.306 e. The Morgan fingerprint density at radius 2 is 1.43 bits per heavy atom. The molecular weight excluding hydrogens is 212 g/mol. The Hall–Kier alpha value is -0.460. The average molecular weight is 221 g/mol. The number of alkyl halides is 6. The topological polar surface area (TPSA) is 12.0 Å². The van der Waals surface area contributed by atoms with E-state index in [1.54, 1.807) is 0 Å². The van der Waals surface area contributed by atoms with Crippen LogP contribution in [0.2, 0.25) is 0 Å². The normalized spacial score (nSPS) is 30.4. The van der Waals surface area contributed by atoms with Gasteiger partial charge in [-0.15, -0.1) is 0 Å². The van der Waals surface area contributed by atoms with Crippen LogP contribution in [0.5, 0.6) is 0 Å². The molecule has 2 atom stereocenters. The van der Waals surface area contributed by atoms with E-state index in [2.05, 4.69) is 0 Å². The van der Waals surface area contributed by atoms with E-state index >= 15 is 0 Å². The Kier molecular flexibility index (Phi) is 2.99. The molecule has 1 saturated heterocycles. The number of rotatable bonds is 0. The van der Waals surface area contributed by atoms with Crippen molar-refractivity contribution in [1.82, 2.24) is 5.32 Å². The lowest BCUT2D eigenvalue weighted by Gasteiger charge is -2.32. The molecule has 0 amide bonds. The van der Waals surface area contributed by atoms with Crippen molar-refractivity contribution >= 4 is 0 Å². The van der Waals surface area contributed by atoms with Crippen molar-refractivity contribution < 1.29 is 26.3 Å². The summed E-state index contributed by atoms with van der Waals surface area (Å²) in [6.45, 7) is -0.645. The molecule has 2 unspecified atom stereocenters. The van der Waals surface area contributed by atoms with Crippen molar-refractivity contribution in [2.24, 2.45) is 5.92 Å². The van der Waals surface area contributed by atoms with Gasteiger partial charge in [0.15, 0.2) is 0 Å². The van der Waals surface area contributed by atoms with Crippen LogP contribution in [0.4, 0.5) is 26.3 Å². The molecule has 0 aromatic heterocycles. The molecule has 0 aromatic carbocycles. The highest BCUT2D eigenvalue weighted by Gasteiger charge is 2.47. The predicted octanol–water partition coefficient (Wildman–Crippen LogP) is 2.48. The van der Waals surface area contributed by atoms with E-state index in [0.717, 1.165) is 0 Å². The minimum absolute atomic E-state index is 0.458. The Morgan fingerprint density at radius 1 is 0.857 bits per heavy atom. The Labute approximate surface area is 76.5 Å². The molecule has 0 bridgehead atoms. The van der Waals surface area contributed by atoms with Gasteiger partial charge in [-0.2, -0.15) is 26.3 Å². The van der Waals surface area contributed by atoms with Gasteiger partial charge in [0.05, 0.1) is 5.92 Å². The Bertz CT molecular complexity index is 165. The SMILES string of the molecule is FC(F)(F)C1CCC(C(F)(F)F)NC1. The first kappa shape index (κ1) is 11.6. The highest BCUT2D eigenvalue weighted by molar-refractivity contribution is 4.85. The fraction of sp³-hybridized carbons (Fsp3) is 1.00. The molecule has 1 aliphatic heterocycles. The zero-order chi connectivity index (χ0) is 11.0. The van der Waals surface area contributed by atoms with E-state index in [1.807, 2.05) is 5.32 Å². The van der Waals surface area contributed by atoms with Crippen LogP contribution in [0.3, 0.4) is 0 Å². The van der Waals surface area contributed by atoms with Gasteiger partial charge in [0.2, 0.25) is 0 Å². The Balaban J connectivity index is 2.47. The van der Waals surface area contributed by atoms with Crippen molar-refractivity contribution in [2.45, 2.75) is 31.2 Å². The van der Waals surface area contributed by atoms with E-state index < -0.39 is 43.7 Å². The number of piperidine rings is 1. The number of hydrogen-bond acceptors (Lipinski definition) is 1. The lowest BCUT2D eigenvalue weighted by molar-refractivity contribution is -0.199. The second-order valence-electron chi connectivity index (χ2n) is 3.32. The zero-order valence-corrected chi connectivity index (χ0v) is 7.04. The quantitative estimate of drug-likeness (QED) is 0.619. The van der Waals surface area contributed by atoms with Crippen LogP contribution in [-0.2, 0) is 0 Å². The zero-order valence-electron chi connectivity index (χ0n) is 7.04. The molecule has 1 rings (SSSR count). The van der Waals surface area contributed by atoms with E-state index in [0.29, 0.717) is 0 Å². The standard InChI is InChI=1S/C7H9F6N/c8-6(9,10)4-1-2-5(14-3-4)7(11,12)13/h4-5,14H,1-3H2. The van der Waals surface area contributed by atoms with E-state index in [1.165, 1.54) is 0 Å². The van der Waals surface area contributed by atoms with Crippen molar-refractivity contribution in [2.75, 3.05) is 6.54 Å². The highest BCUT2D eigenvalue weighted by atomic mass is 19.4. The molecule has 0 aliphatic carbocycles. The lowest BCUT2D eigenvalue weighted by atomic mass is 9.94. The molecule has 14 heavy (non-hydrogen) atoms. The molecule has 1 aliphatic rings. The summed E-state index contributed by atoms with van der Waals surface area (Å²) >= 11 is 0. The third-order valence-corrected chi connectivity index (χ3v) is 2.27. The van der Waals surface area contributed by atoms with Gasteiger partial charge in [-0.1, -0.05) is 0 Å². The Morgan fingerprint density at radius 3 is 1.71 bits per heavy atom. The summed E-state index contributed by atoms with van der Waals surface area (Å²) in [7, 11) is 0. The van der Waals surface area contributed by atoms with Gasteiger partial charge < -0.3 is 5.32 Å². The molecule has 1 fully saturated rings. The first-order valence-electron chi connectivity index (χ1n) is 4.08. The molecule has 1 heterocycles. The maximum Gasteiger partial charge on any atom is 0.403 e. The van der Waals surface area contributed by atoms with Gasteiger partial charge in [-0.3, -0.25) is 0 Å². The van der Waals surface area contributed by atoms with Gasteiger partial charge in [-0.05, 0) is 12.8 Å². The lowest BCUT2D eigenvalue weighted by Crippen LogP contribution is -2.50. The predicted molar refractivity (Wildman–Crippen MR) is 36.6 cm³/mol. The fourth-order valence-electron chi connectivity index (χ4n) is 1.42.